The summed E-state index contributed by atoms with van der Waals surface area (Å²) in [5.74, 6) is -0.121. The number of rotatable bonds is 11. The Labute approximate surface area is 241 Å². The van der Waals surface area contributed by atoms with Crippen LogP contribution in [0.1, 0.15) is 29.3 Å². The van der Waals surface area contributed by atoms with Crippen LogP contribution in [0.4, 0.5) is 4.39 Å². The van der Waals surface area contributed by atoms with E-state index in [4.69, 9.17) is 18.9 Å². The summed E-state index contributed by atoms with van der Waals surface area (Å²) in [6, 6.07) is 17.2. The SMILES string of the molecule is Cc1cc(-c2cc(F)c(=O)n(Cc3ccc4c(c3)OCO4)c2)nc(S(=O)(=O)CCC(OCC2CO2)c2ccccc2)n1. The van der Waals surface area contributed by atoms with Crippen molar-refractivity contribution in [3.63, 3.8) is 0 Å². The van der Waals surface area contributed by atoms with Gasteiger partial charge in [0.15, 0.2) is 17.3 Å². The van der Waals surface area contributed by atoms with Gasteiger partial charge in [0.2, 0.25) is 21.8 Å². The van der Waals surface area contributed by atoms with Crippen LogP contribution >= 0.6 is 0 Å². The smallest absolute Gasteiger partial charge is 0.286 e. The molecule has 0 N–H and O–H groups in total. The van der Waals surface area contributed by atoms with Gasteiger partial charge in [-0.15, -0.1) is 0 Å². The normalized spacial score (nSPS) is 16.4. The first-order valence-corrected chi connectivity index (χ1v) is 15.1. The molecular weight excluding hydrogens is 565 g/mol. The van der Waals surface area contributed by atoms with Gasteiger partial charge in [0, 0.05) is 17.5 Å². The number of hydrogen-bond donors (Lipinski definition) is 0. The highest BCUT2D eigenvalue weighted by Crippen LogP contribution is 2.33. The number of halogens is 1. The Hall–Kier alpha value is -4.13. The maximum atomic E-state index is 14.8. The summed E-state index contributed by atoms with van der Waals surface area (Å²) in [6.45, 7) is 2.80. The third kappa shape index (κ3) is 6.35. The summed E-state index contributed by atoms with van der Waals surface area (Å²) < 4.78 is 64.8. The third-order valence-electron chi connectivity index (χ3n) is 6.95. The first-order valence-electron chi connectivity index (χ1n) is 13.4. The number of sulfone groups is 1. The second-order valence-electron chi connectivity index (χ2n) is 10.2. The van der Waals surface area contributed by atoms with Crippen LogP contribution in [-0.4, -0.2) is 54.8 Å². The number of aryl methyl sites for hydroxylation is 1. The van der Waals surface area contributed by atoms with Crippen molar-refractivity contribution in [2.45, 2.75) is 37.3 Å². The lowest BCUT2D eigenvalue weighted by atomic mass is 10.1. The van der Waals surface area contributed by atoms with Crippen molar-refractivity contribution >= 4 is 9.84 Å². The highest BCUT2D eigenvalue weighted by Gasteiger charge is 2.27. The largest absolute Gasteiger partial charge is 0.454 e. The zero-order valence-corrected chi connectivity index (χ0v) is 23.6. The highest BCUT2D eigenvalue weighted by molar-refractivity contribution is 7.91. The predicted octanol–water partition coefficient (Wildman–Crippen LogP) is 3.85. The minimum Gasteiger partial charge on any atom is -0.454 e. The van der Waals surface area contributed by atoms with E-state index >= 15 is 0 Å². The second kappa shape index (κ2) is 11.6. The number of epoxide rings is 1. The lowest BCUT2D eigenvalue weighted by Gasteiger charge is -2.18. The van der Waals surface area contributed by atoms with E-state index in [0.29, 0.717) is 36.0 Å². The fourth-order valence-electron chi connectivity index (χ4n) is 4.68. The predicted molar refractivity (Wildman–Crippen MR) is 150 cm³/mol. The lowest BCUT2D eigenvalue weighted by Crippen LogP contribution is -2.23. The summed E-state index contributed by atoms with van der Waals surface area (Å²) in [7, 11) is -3.94. The first-order chi connectivity index (χ1) is 20.2. The quantitative estimate of drug-likeness (QED) is 0.189. The molecule has 42 heavy (non-hydrogen) atoms. The van der Waals surface area contributed by atoms with Gasteiger partial charge in [-0.3, -0.25) is 4.79 Å². The summed E-state index contributed by atoms with van der Waals surface area (Å²) in [5, 5.41) is -0.372. The molecule has 2 unspecified atom stereocenters. The minimum absolute atomic E-state index is 0.0317. The second-order valence-corrected chi connectivity index (χ2v) is 12.2. The molecule has 0 bridgehead atoms. The molecule has 0 aliphatic carbocycles. The van der Waals surface area contributed by atoms with Gasteiger partial charge in [0.1, 0.15) is 6.10 Å². The highest BCUT2D eigenvalue weighted by atomic mass is 32.2. The molecule has 10 nitrogen and oxygen atoms in total. The van der Waals surface area contributed by atoms with Gasteiger partial charge in [-0.05, 0) is 48.7 Å². The molecule has 2 atom stereocenters. The average molecular weight is 594 g/mol. The molecule has 4 aromatic rings. The van der Waals surface area contributed by atoms with Crippen molar-refractivity contribution in [3.8, 4) is 22.8 Å². The number of ether oxygens (including phenoxy) is 4. The molecule has 2 aliphatic rings. The number of fused-ring (bicyclic) bond motifs is 1. The Kier molecular flexibility index (Phi) is 7.76. The molecule has 0 spiro atoms. The number of aromatic nitrogens is 3. The average Bonchev–Trinajstić information content (AvgIpc) is 3.69. The fourth-order valence-corrected chi connectivity index (χ4v) is 5.90. The van der Waals surface area contributed by atoms with E-state index in [0.717, 1.165) is 11.6 Å². The van der Waals surface area contributed by atoms with Crippen molar-refractivity contribution in [2.75, 3.05) is 25.8 Å². The zero-order valence-electron chi connectivity index (χ0n) is 22.7. The van der Waals surface area contributed by atoms with Crippen molar-refractivity contribution in [3.05, 3.63) is 99.9 Å². The van der Waals surface area contributed by atoms with Gasteiger partial charge in [-0.25, -0.2) is 22.8 Å². The van der Waals surface area contributed by atoms with E-state index < -0.39 is 27.3 Å². The molecule has 1 saturated heterocycles. The van der Waals surface area contributed by atoms with E-state index in [1.807, 2.05) is 30.3 Å². The van der Waals surface area contributed by atoms with E-state index in [1.54, 1.807) is 31.2 Å². The molecule has 0 amide bonds. The Bertz CT molecular complexity index is 1780. The molecular formula is C30H28FN3O7S. The van der Waals surface area contributed by atoms with Crippen LogP contribution in [0.3, 0.4) is 0 Å². The zero-order chi connectivity index (χ0) is 29.3. The summed E-state index contributed by atoms with van der Waals surface area (Å²) in [5.41, 5.74) is 1.54. The van der Waals surface area contributed by atoms with Crippen molar-refractivity contribution in [1.29, 1.82) is 0 Å². The Morgan fingerprint density at radius 3 is 2.64 bits per heavy atom. The Balaban J connectivity index is 1.25. The number of pyridine rings is 1. The molecule has 1 fully saturated rings. The van der Waals surface area contributed by atoms with Crippen molar-refractivity contribution < 1.29 is 31.8 Å². The van der Waals surface area contributed by atoms with Crippen LogP contribution in [-0.2, 0) is 25.9 Å². The number of benzene rings is 2. The standard InChI is InChI=1S/C30H28FN3O7S/c1-19-11-25(22-13-24(31)29(35)34(15-22)14-20-7-8-27-28(12-20)41-18-40-27)33-30(32-19)42(36,37)10-9-26(39-17-23-16-38-23)21-5-3-2-4-6-21/h2-8,11-13,15,23,26H,9-10,14,16-18H2,1H3. The van der Waals surface area contributed by atoms with Crippen LogP contribution in [0, 0.1) is 12.7 Å². The molecule has 218 valence electrons. The van der Waals surface area contributed by atoms with Gasteiger partial charge in [-0.2, -0.15) is 0 Å². The Morgan fingerprint density at radius 1 is 1.07 bits per heavy atom. The maximum Gasteiger partial charge on any atom is 0.286 e. The van der Waals surface area contributed by atoms with Gasteiger partial charge in [0.25, 0.3) is 5.56 Å². The van der Waals surface area contributed by atoms with Crippen LogP contribution in [0.15, 0.2) is 76.8 Å². The lowest BCUT2D eigenvalue weighted by molar-refractivity contribution is 0.0399. The monoisotopic (exact) mass is 593 g/mol. The summed E-state index contributed by atoms with van der Waals surface area (Å²) in [4.78, 5) is 21.1. The summed E-state index contributed by atoms with van der Waals surface area (Å²) in [6.07, 6.45) is 1.21. The molecule has 4 heterocycles. The number of hydrogen-bond acceptors (Lipinski definition) is 9. The fraction of sp³-hybridized carbons (Fsp3) is 0.300. The molecule has 2 aromatic heterocycles. The molecule has 2 aromatic carbocycles. The minimum atomic E-state index is -3.94. The third-order valence-corrected chi connectivity index (χ3v) is 8.46. The van der Waals surface area contributed by atoms with Crippen molar-refractivity contribution in [2.24, 2.45) is 0 Å². The topological polar surface area (TPSA) is 122 Å². The maximum absolute atomic E-state index is 14.8. The van der Waals surface area contributed by atoms with Gasteiger partial charge >= 0.3 is 0 Å². The van der Waals surface area contributed by atoms with Gasteiger partial charge < -0.3 is 23.5 Å². The molecule has 0 saturated carbocycles. The summed E-state index contributed by atoms with van der Waals surface area (Å²) >= 11 is 0. The van der Waals surface area contributed by atoms with Crippen LogP contribution in [0.2, 0.25) is 0 Å². The Morgan fingerprint density at radius 2 is 1.86 bits per heavy atom. The van der Waals surface area contributed by atoms with Crippen molar-refractivity contribution in [1.82, 2.24) is 14.5 Å². The molecule has 2 aliphatic heterocycles. The van der Waals surface area contributed by atoms with Crippen LogP contribution in [0.5, 0.6) is 11.5 Å². The van der Waals surface area contributed by atoms with Crippen LogP contribution in [0.25, 0.3) is 11.3 Å². The first kappa shape index (κ1) is 28.0. The van der Waals surface area contributed by atoms with Crippen LogP contribution < -0.4 is 15.0 Å². The molecule has 0 radical (unpaired) electrons. The van der Waals surface area contributed by atoms with E-state index in [1.165, 1.54) is 10.8 Å². The van der Waals surface area contributed by atoms with E-state index in [2.05, 4.69) is 9.97 Å². The number of nitrogens with zero attached hydrogens (tertiary/aromatic N) is 3. The molecule has 6 rings (SSSR count). The molecule has 12 heteroatoms. The van der Waals surface area contributed by atoms with E-state index in [-0.39, 0.29) is 48.0 Å². The van der Waals surface area contributed by atoms with E-state index in [9.17, 15) is 17.6 Å². The van der Waals surface area contributed by atoms with Gasteiger partial charge in [0.05, 0.1) is 37.3 Å². The van der Waals surface area contributed by atoms with Gasteiger partial charge in [-0.1, -0.05) is 36.4 Å².